The van der Waals surface area contributed by atoms with Crippen LogP contribution in [0.25, 0.3) is 0 Å². The Morgan fingerprint density at radius 3 is 2.66 bits per heavy atom. The van der Waals surface area contributed by atoms with Crippen LogP contribution in [0.15, 0.2) is 6.20 Å². The van der Waals surface area contributed by atoms with Gasteiger partial charge in [-0.2, -0.15) is 5.10 Å². The van der Waals surface area contributed by atoms with Gasteiger partial charge >= 0.3 is 0 Å². The number of aromatic amines is 1. The molecule has 4 rings (SSSR count). The second kappa shape index (κ2) is 9.79. The number of fused-ring (bicyclic) bond motifs is 1. The molecule has 1 saturated heterocycles. The summed E-state index contributed by atoms with van der Waals surface area (Å²) in [6.45, 7) is 7.75. The fourth-order valence-corrected chi connectivity index (χ4v) is 4.95. The Labute approximate surface area is 189 Å². The zero-order valence-corrected chi connectivity index (χ0v) is 19.5. The van der Waals surface area contributed by atoms with E-state index in [9.17, 15) is 9.59 Å². The smallest absolute Gasteiger partial charge is 0.275 e. The molecule has 2 amide bonds. The normalized spacial score (nSPS) is 18.7. The van der Waals surface area contributed by atoms with Crippen molar-refractivity contribution in [1.29, 1.82) is 0 Å². The van der Waals surface area contributed by atoms with Crippen LogP contribution in [-0.2, 0) is 12.8 Å². The Kier molecular flexibility index (Phi) is 6.86. The number of carbonyl (C=O) groups excluding carboxylic acids is 2. The summed E-state index contributed by atoms with van der Waals surface area (Å²) in [4.78, 5) is 39.3. The topological polar surface area (TPSA) is 95.1 Å². The summed E-state index contributed by atoms with van der Waals surface area (Å²) in [5, 5.41) is 7.55. The molecule has 1 fully saturated rings. The number of hydrogen-bond donors (Lipinski definition) is 1. The average molecular weight is 439 g/mol. The van der Waals surface area contributed by atoms with Gasteiger partial charge in [-0.3, -0.25) is 14.7 Å². The largest absolute Gasteiger partial charge is 0.339 e. The van der Waals surface area contributed by atoms with Crippen molar-refractivity contribution in [2.24, 2.45) is 0 Å². The highest BCUT2D eigenvalue weighted by atomic mass is 16.2. The maximum atomic E-state index is 13.6. The quantitative estimate of drug-likeness (QED) is 0.720. The molecule has 32 heavy (non-hydrogen) atoms. The second-order valence-electron chi connectivity index (χ2n) is 8.80. The summed E-state index contributed by atoms with van der Waals surface area (Å²) in [6, 6.07) is -0.189. The second-order valence-corrected chi connectivity index (χ2v) is 8.80. The molecule has 8 nitrogen and oxygen atoms in total. The Morgan fingerprint density at radius 1 is 1.12 bits per heavy atom. The molecule has 0 radical (unpaired) electrons. The molecule has 1 aliphatic carbocycles. The summed E-state index contributed by atoms with van der Waals surface area (Å²) >= 11 is 0. The number of piperidine rings is 1. The Bertz CT molecular complexity index is 981. The van der Waals surface area contributed by atoms with E-state index in [-0.39, 0.29) is 17.9 Å². The molecule has 1 aliphatic heterocycles. The standard InChI is InChI=1S/C24H34N6O2/c1-4-29(5-2)23(31)18-15-25-22(26-16(18)3)20-13-9-10-14-30(20)24(32)21-17-11-7-6-8-12-19(17)27-28-21/h15,20H,4-14H2,1-3H3,(H,27,28)/t20-/m0/s1. The van der Waals surface area contributed by atoms with E-state index in [1.165, 1.54) is 6.42 Å². The van der Waals surface area contributed by atoms with E-state index in [0.29, 0.717) is 42.4 Å². The van der Waals surface area contributed by atoms with Gasteiger partial charge in [-0.1, -0.05) is 6.42 Å². The average Bonchev–Trinajstić information content (AvgIpc) is 3.07. The van der Waals surface area contributed by atoms with Crippen LogP contribution < -0.4 is 0 Å². The summed E-state index contributed by atoms with van der Waals surface area (Å²) in [5.74, 6) is 0.543. The zero-order valence-electron chi connectivity index (χ0n) is 19.5. The van der Waals surface area contributed by atoms with Crippen molar-refractivity contribution in [2.75, 3.05) is 19.6 Å². The van der Waals surface area contributed by atoms with Crippen molar-refractivity contribution in [3.05, 3.63) is 40.2 Å². The van der Waals surface area contributed by atoms with Crippen LogP contribution in [0, 0.1) is 6.92 Å². The molecule has 1 N–H and O–H groups in total. The van der Waals surface area contributed by atoms with Crippen LogP contribution in [0.2, 0.25) is 0 Å². The monoisotopic (exact) mass is 438 g/mol. The van der Waals surface area contributed by atoms with Crippen molar-refractivity contribution < 1.29 is 9.59 Å². The summed E-state index contributed by atoms with van der Waals surface area (Å²) in [6.07, 6.45) is 9.74. The number of nitrogens with one attached hydrogen (secondary N) is 1. The van der Waals surface area contributed by atoms with E-state index in [1.54, 1.807) is 11.1 Å². The van der Waals surface area contributed by atoms with E-state index in [2.05, 4.69) is 15.2 Å². The van der Waals surface area contributed by atoms with Crippen LogP contribution in [0.5, 0.6) is 0 Å². The van der Waals surface area contributed by atoms with E-state index >= 15 is 0 Å². The van der Waals surface area contributed by atoms with Gasteiger partial charge in [0, 0.05) is 37.1 Å². The number of H-pyrrole nitrogens is 1. The molecule has 8 heteroatoms. The van der Waals surface area contributed by atoms with Crippen LogP contribution >= 0.6 is 0 Å². The van der Waals surface area contributed by atoms with Crippen molar-refractivity contribution >= 4 is 11.8 Å². The number of amides is 2. The lowest BCUT2D eigenvalue weighted by atomic mass is 9.99. The number of aromatic nitrogens is 4. The minimum atomic E-state index is -0.189. The highest BCUT2D eigenvalue weighted by Crippen LogP contribution is 2.32. The van der Waals surface area contributed by atoms with E-state index < -0.39 is 0 Å². The van der Waals surface area contributed by atoms with Gasteiger partial charge in [0.05, 0.1) is 17.3 Å². The Balaban J connectivity index is 1.60. The summed E-state index contributed by atoms with van der Waals surface area (Å²) in [7, 11) is 0. The highest BCUT2D eigenvalue weighted by Gasteiger charge is 2.34. The zero-order chi connectivity index (χ0) is 22.7. The summed E-state index contributed by atoms with van der Waals surface area (Å²) < 4.78 is 0. The number of rotatable bonds is 5. The lowest BCUT2D eigenvalue weighted by Crippen LogP contribution is -2.40. The number of aryl methyl sites for hydroxylation is 2. The fourth-order valence-electron chi connectivity index (χ4n) is 4.95. The first kappa shape index (κ1) is 22.4. The molecular weight excluding hydrogens is 404 g/mol. The third-order valence-electron chi connectivity index (χ3n) is 6.85. The van der Waals surface area contributed by atoms with Gasteiger partial charge < -0.3 is 9.80 Å². The number of hydrogen-bond acceptors (Lipinski definition) is 5. The predicted molar refractivity (Wildman–Crippen MR) is 121 cm³/mol. The van der Waals surface area contributed by atoms with Crippen molar-refractivity contribution in [3.8, 4) is 0 Å². The van der Waals surface area contributed by atoms with Crippen molar-refractivity contribution in [3.63, 3.8) is 0 Å². The molecule has 0 bridgehead atoms. The first-order valence-electron chi connectivity index (χ1n) is 12.0. The molecule has 0 saturated carbocycles. The molecule has 0 aromatic carbocycles. The first-order valence-corrected chi connectivity index (χ1v) is 12.0. The van der Waals surface area contributed by atoms with Crippen molar-refractivity contribution in [2.45, 2.75) is 78.2 Å². The summed E-state index contributed by atoms with van der Waals surface area (Å²) in [5.41, 5.74) is 3.97. The highest BCUT2D eigenvalue weighted by molar-refractivity contribution is 5.95. The van der Waals surface area contributed by atoms with Crippen molar-refractivity contribution in [1.82, 2.24) is 30.0 Å². The molecule has 2 aromatic heterocycles. The maximum absolute atomic E-state index is 13.6. The van der Waals surface area contributed by atoms with Gasteiger partial charge in [-0.25, -0.2) is 9.97 Å². The molecule has 2 aliphatic rings. The molecule has 3 heterocycles. The third kappa shape index (κ3) is 4.27. The minimum Gasteiger partial charge on any atom is -0.339 e. The van der Waals surface area contributed by atoms with Gasteiger partial charge in [-0.05, 0) is 65.7 Å². The minimum absolute atomic E-state index is 0.0290. The molecule has 2 aromatic rings. The molecule has 1 atom stereocenters. The third-order valence-corrected chi connectivity index (χ3v) is 6.85. The number of likely N-dealkylation sites (tertiary alicyclic amines) is 1. The van der Waals surface area contributed by atoms with Gasteiger partial charge in [0.25, 0.3) is 11.8 Å². The van der Waals surface area contributed by atoms with E-state index in [4.69, 9.17) is 4.98 Å². The molecule has 172 valence electrons. The van der Waals surface area contributed by atoms with Gasteiger partial charge in [0.15, 0.2) is 11.5 Å². The molecular formula is C24H34N6O2. The van der Waals surface area contributed by atoms with Crippen LogP contribution in [0.4, 0.5) is 0 Å². The molecule has 0 spiro atoms. The van der Waals surface area contributed by atoms with Gasteiger partial charge in [0.2, 0.25) is 0 Å². The van der Waals surface area contributed by atoms with E-state index in [1.807, 2.05) is 25.7 Å². The van der Waals surface area contributed by atoms with Gasteiger partial charge in [0.1, 0.15) is 0 Å². The molecule has 0 unspecified atom stereocenters. The van der Waals surface area contributed by atoms with E-state index in [0.717, 1.165) is 56.2 Å². The predicted octanol–water partition coefficient (Wildman–Crippen LogP) is 3.63. The maximum Gasteiger partial charge on any atom is 0.275 e. The SMILES string of the molecule is CCN(CC)C(=O)c1cnc([C@@H]2CCCCN2C(=O)c2n[nH]c3c2CCCCC3)nc1C. The van der Waals surface area contributed by atoms with Crippen LogP contribution in [-0.4, -0.2) is 61.4 Å². The van der Waals surface area contributed by atoms with Gasteiger partial charge in [-0.15, -0.1) is 0 Å². The Hall–Kier alpha value is -2.77. The number of carbonyl (C=O) groups is 2. The lowest BCUT2D eigenvalue weighted by molar-refractivity contribution is 0.0591. The van der Waals surface area contributed by atoms with Crippen LogP contribution in [0.3, 0.4) is 0 Å². The first-order chi connectivity index (χ1) is 15.5. The van der Waals surface area contributed by atoms with Crippen LogP contribution in [0.1, 0.15) is 102 Å². The Morgan fingerprint density at radius 2 is 1.91 bits per heavy atom. The fraction of sp³-hybridized carbons (Fsp3) is 0.625. The lowest BCUT2D eigenvalue weighted by Gasteiger charge is -2.34. The number of nitrogens with zero attached hydrogens (tertiary/aromatic N) is 5.